The molecule has 1 saturated heterocycles. The van der Waals surface area contributed by atoms with E-state index in [0.717, 1.165) is 24.3 Å². The van der Waals surface area contributed by atoms with Crippen molar-refractivity contribution in [2.45, 2.75) is 64.6 Å². The average molecular weight is 276 g/mol. The van der Waals surface area contributed by atoms with Crippen molar-refractivity contribution in [1.29, 1.82) is 0 Å². The van der Waals surface area contributed by atoms with Gasteiger partial charge in [-0.1, -0.05) is 0 Å². The van der Waals surface area contributed by atoms with Gasteiger partial charge < -0.3 is 10.2 Å². The third-order valence-electron chi connectivity index (χ3n) is 4.50. The van der Waals surface area contributed by atoms with Gasteiger partial charge in [0.2, 0.25) is 0 Å². The lowest BCUT2D eigenvalue weighted by Crippen LogP contribution is -2.46. The number of rotatable bonds is 6. The molecule has 1 N–H and O–H groups in total. The van der Waals surface area contributed by atoms with Gasteiger partial charge in [-0.15, -0.1) is 0 Å². The second-order valence-electron chi connectivity index (χ2n) is 6.58. The van der Waals surface area contributed by atoms with Crippen LogP contribution in [-0.2, 0) is 6.54 Å². The standard InChI is InChI=1S/C16H28N4/c1-13-11-14(2)20(18-13)10-4-9-19-8-3-5-16(12-19)17-15-6-7-15/h11,15-17H,3-10,12H2,1-2H3. The average Bonchev–Trinajstić information content (AvgIpc) is 3.16. The van der Waals surface area contributed by atoms with Crippen LogP contribution in [0.2, 0.25) is 0 Å². The molecule has 0 amide bonds. The zero-order valence-electron chi connectivity index (χ0n) is 12.9. The van der Waals surface area contributed by atoms with Crippen molar-refractivity contribution in [2.75, 3.05) is 19.6 Å². The van der Waals surface area contributed by atoms with Crippen LogP contribution in [0.4, 0.5) is 0 Å². The van der Waals surface area contributed by atoms with E-state index in [-0.39, 0.29) is 0 Å². The van der Waals surface area contributed by atoms with Gasteiger partial charge in [0.25, 0.3) is 0 Å². The van der Waals surface area contributed by atoms with E-state index in [1.807, 2.05) is 0 Å². The van der Waals surface area contributed by atoms with Crippen molar-refractivity contribution in [1.82, 2.24) is 20.0 Å². The molecule has 1 aromatic heterocycles. The smallest absolute Gasteiger partial charge is 0.0596 e. The largest absolute Gasteiger partial charge is 0.310 e. The maximum Gasteiger partial charge on any atom is 0.0596 e. The molecule has 1 saturated carbocycles. The van der Waals surface area contributed by atoms with Crippen LogP contribution in [0.1, 0.15) is 43.5 Å². The first kappa shape index (κ1) is 14.1. The maximum absolute atomic E-state index is 4.54. The minimum atomic E-state index is 0.741. The minimum Gasteiger partial charge on any atom is -0.310 e. The molecule has 1 unspecified atom stereocenters. The van der Waals surface area contributed by atoms with Gasteiger partial charge in [-0.2, -0.15) is 5.10 Å². The Morgan fingerprint density at radius 2 is 2.05 bits per heavy atom. The number of aryl methyl sites for hydroxylation is 3. The summed E-state index contributed by atoms with van der Waals surface area (Å²) in [5.74, 6) is 0. The molecule has 20 heavy (non-hydrogen) atoms. The molecule has 1 atom stereocenters. The Kier molecular flexibility index (Phi) is 4.41. The number of hydrogen-bond donors (Lipinski definition) is 1. The highest BCUT2D eigenvalue weighted by molar-refractivity contribution is 5.06. The van der Waals surface area contributed by atoms with Crippen molar-refractivity contribution in [2.24, 2.45) is 0 Å². The van der Waals surface area contributed by atoms with E-state index in [1.165, 1.54) is 57.4 Å². The Balaban J connectivity index is 1.40. The van der Waals surface area contributed by atoms with Gasteiger partial charge in [0.1, 0.15) is 0 Å². The molecule has 2 fully saturated rings. The Morgan fingerprint density at radius 3 is 2.75 bits per heavy atom. The van der Waals surface area contributed by atoms with Gasteiger partial charge in [-0.25, -0.2) is 0 Å². The van der Waals surface area contributed by atoms with Crippen LogP contribution >= 0.6 is 0 Å². The van der Waals surface area contributed by atoms with Gasteiger partial charge in [0.15, 0.2) is 0 Å². The lowest BCUT2D eigenvalue weighted by molar-refractivity contribution is 0.184. The monoisotopic (exact) mass is 276 g/mol. The van der Waals surface area contributed by atoms with Crippen LogP contribution in [0, 0.1) is 13.8 Å². The SMILES string of the molecule is Cc1cc(C)n(CCCN2CCCC(NC3CC3)C2)n1. The predicted molar refractivity (Wildman–Crippen MR) is 81.9 cm³/mol. The first-order valence-corrected chi connectivity index (χ1v) is 8.20. The molecule has 1 aliphatic carbocycles. The van der Waals surface area contributed by atoms with Crippen LogP contribution in [0.15, 0.2) is 6.07 Å². The Hall–Kier alpha value is -0.870. The van der Waals surface area contributed by atoms with Gasteiger partial charge in [-0.05, 0) is 65.1 Å². The number of piperidine rings is 1. The van der Waals surface area contributed by atoms with E-state index in [1.54, 1.807) is 0 Å². The lowest BCUT2D eigenvalue weighted by atomic mass is 10.1. The summed E-state index contributed by atoms with van der Waals surface area (Å²) in [6, 6.07) is 3.75. The first-order chi connectivity index (χ1) is 9.70. The third kappa shape index (κ3) is 3.83. The van der Waals surface area contributed by atoms with Gasteiger partial charge >= 0.3 is 0 Å². The van der Waals surface area contributed by atoms with Crippen LogP contribution < -0.4 is 5.32 Å². The second-order valence-corrected chi connectivity index (χ2v) is 6.58. The zero-order chi connectivity index (χ0) is 13.9. The number of nitrogens with one attached hydrogen (secondary N) is 1. The van der Waals surface area contributed by atoms with Crippen LogP contribution in [0.5, 0.6) is 0 Å². The van der Waals surface area contributed by atoms with Crippen molar-refractivity contribution in [3.8, 4) is 0 Å². The highest BCUT2D eigenvalue weighted by Gasteiger charge is 2.27. The molecule has 1 aliphatic heterocycles. The van der Waals surface area contributed by atoms with E-state index in [9.17, 15) is 0 Å². The van der Waals surface area contributed by atoms with Crippen molar-refractivity contribution < 1.29 is 0 Å². The van der Waals surface area contributed by atoms with Crippen LogP contribution in [-0.4, -0.2) is 46.4 Å². The Bertz CT molecular complexity index is 436. The van der Waals surface area contributed by atoms with E-state index in [0.29, 0.717) is 0 Å². The molecule has 0 bridgehead atoms. The number of likely N-dealkylation sites (tertiary alicyclic amines) is 1. The number of hydrogen-bond acceptors (Lipinski definition) is 3. The first-order valence-electron chi connectivity index (χ1n) is 8.20. The highest BCUT2D eigenvalue weighted by Crippen LogP contribution is 2.22. The zero-order valence-corrected chi connectivity index (χ0v) is 12.9. The summed E-state index contributed by atoms with van der Waals surface area (Å²) in [6.07, 6.45) is 6.72. The highest BCUT2D eigenvalue weighted by atomic mass is 15.3. The molecule has 4 heteroatoms. The van der Waals surface area contributed by atoms with E-state index < -0.39 is 0 Å². The summed E-state index contributed by atoms with van der Waals surface area (Å²) in [6.45, 7) is 9.00. The summed E-state index contributed by atoms with van der Waals surface area (Å²) in [5, 5.41) is 8.33. The molecule has 0 radical (unpaired) electrons. The third-order valence-corrected chi connectivity index (χ3v) is 4.50. The quantitative estimate of drug-likeness (QED) is 0.864. The normalized spacial score (nSPS) is 24.2. The second kappa shape index (κ2) is 6.27. The molecule has 0 spiro atoms. The molecule has 112 valence electrons. The number of nitrogens with zero attached hydrogens (tertiary/aromatic N) is 3. The lowest BCUT2D eigenvalue weighted by Gasteiger charge is -2.33. The van der Waals surface area contributed by atoms with Crippen molar-refractivity contribution in [3.63, 3.8) is 0 Å². The van der Waals surface area contributed by atoms with Crippen LogP contribution in [0.3, 0.4) is 0 Å². The maximum atomic E-state index is 4.54. The minimum absolute atomic E-state index is 0.741. The fourth-order valence-electron chi connectivity index (χ4n) is 3.32. The van der Waals surface area contributed by atoms with E-state index in [2.05, 4.69) is 39.9 Å². The molecule has 2 aliphatic rings. The molecule has 2 heterocycles. The summed E-state index contributed by atoms with van der Waals surface area (Å²) in [5.41, 5.74) is 2.42. The molecule has 0 aromatic carbocycles. The van der Waals surface area contributed by atoms with Gasteiger partial charge in [0.05, 0.1) is 5.69 Å². The van der Waals surface area contributed by atoms with E-state index >= 15 is 0 Å². The molecular formula is C16H28N4. The topological polar surface area (TPSA) is 33.1 Å². The Morgan fingerprint density at radius 1 is 1.20 bits per heavy atom. The van der Waals surface area contributed by atoms with Gasteiger partial charge in [-0.3, -0.25) is 4.68 Å². The van der Waals surface area contributed by atoms with E-state index in [4.69, 9.17) is 0 Å². The van der Waals surface area contributed by atoms with Crippen molar-refractivity contribution >= 4 is 0 Å². The summed E-state index contributed by atoms with van der Waals surface area (Å²) in [4.78, 5) is 2.63. The Labute approximate surface area is 122 Å². The molecule has 1 aromatic rings. The molecule has 3 rings (SSSR count). The predicted octanol–water partition coefficient (Wildman–Crippen LogP) is 2.11. The van der Waals surface area contributed by atoms with Gasteiger partial charge in [0, 0.05) is 30.9 Å². The molecular weight excluding hydrogens is 248 g/mol. The van der Waals surface area contributed by atoms with Crippen molar-refractivity contribution in [3.05, 3.63) is 17.5 Å². The summed E-state index contributed by atoms with van der Waals surface area (Å²) in [7, 11) is 0. The van der Waals surface area contributed by atoms with Crippen LogP contribution in [0.25, 0.3) is 0 Å². The summed E-state index contributed by atoms with van der Waals surface area (Å²) >= 11 is 0. The number of aromatic nitrogens is 2. The fraction of sp³-hybridized carbons (Fsp3) is 0.812. The fourth-order valence-corrected chi connectivity index (χ4v) is 3.32. The molecule has 4 nitrogen and oxygen atoms in total. The summed E-state index contributed by atoms with van der Waals surface area (Å²) < 4.78 is 2.15.